The summed E-state index contributed by atoms with van der Waals surface area (Å²) in [5.74, 6) is 2.15. The van der Waals surface area contributed by atoms with Gasteiger partial charge in [-0.05, 0) is 30.3 Å². The SMILES string of the molecule is O=C(O)CCC#CNC(=O)c1ccc(N2CCN(c3ncccn3)CC2)cc1. The maximum absolute atomic E-state index is 12.1. The quantitative estimate of drug-likeness (QED) is 0.598. The van der Waals surface area contributed by atoms with Gasteiger partial charge in [-0.1, -0.05) is 5.92 Å². The normalized spacial score (nSPS) is 13.4. The van der Waals surface area contributed by atoms with E-state index in [0.29, 0.717) is 5.56 Å². The minimum absolute atomic E-state index is 0.0404. The Balaban J connectivity index is 1.50. The summed E-state index contributed by atoms with van der Waals surface area (Å²) in [5.41, 5.74) is 1.56. The number of nitrogens with zero attached hydrogens (tertiary/aromatic N) is 4. The van der Waals surface area contributed by atoms with Gasteiger partial charge in [-0.2, -0.15) is 0 Å². The van der Waals surface area contributed by atoms with Crippen molar-refractivity contribution < 1.29 is 14.7 Å². The summed E-state index contributed by atoms with van der Waals surface area (Å²) in [6.07, 6.45) is 3.65. The van der Waals surface area contributed by atoms with Gasteiger partial charge in [-0.25, -0.2) is 9.97 Å². The molecule has 1 aromatic carbocycles. The van der Waals surface area contributed by atoms with Crippen LogP contribution in [-0.2, 0) is 4.79 Å². The van der Waals surface area contributed by atoms with E-state index in [1.165, 1.54) is 0 Å². The zero-order valence-corrected chi connectivity index (χ0v) is 15.3. The topological polar surface area (TPSA) is 98.7 Å². The molecule has 0 saturated carbocycles. The van der Waals surface area contributed by atoms with E-state index >= 15 is 0 Å². The molecule has 1 aromatic heterocycles. The number of hydrogen-bond acceptors (Lipinski definition) is 6. The number of carbonyl (C=O) groups excluding carboxylic acids is 1. The van der Waals surface area contributed by atoms with Crippen LogP contribution in [0.2, 0.25) is 0 Å². The predicted molar refractivity (Wildman–Crippen MR) is 105 cm³/mol. The third-order valence-corrected chi connectivity index (χ3v) is 4.34. The molecule has 1 aliphatic rings. The van der Waals surface area contributed by atoms with Crippen LogP contribution in [-0.4, -0.2) is 53.1 Å². The lowest BCUT2D eigenvalue weighted by Crippen LogP contribution is -2.47. The molecule has 2 heterocycles. The Morgan fingerprint density at radius 3 is 2.32 bits per heavy atom. The fourth-order valence-corrected chi connectivity index (χ4v) is 2.85. The summed E-state index contributed by atoms with van der Waals surface area (Å²) >= 11 is 0. The second-order valence-corrected chi connectivity index (χ2v) is 6.22. The number of hydrogen-bond donors (Lipinski definition) is 2. The molecule has 8 nitrogen and oxygen atoms in total. The van der Waals surface area contributed by atoms with Crippen molar-refractivity contribution in [3.05, 3.63) is 48.3 Å². The van der Waals surface area contributed by atoms with E-state index in [4.69, 9.17) is 5.11 Å². The Morgan fingerprint density at radius 2 is 1.68 bits per heavy atom. The first kappa shape index (κ1) is 19.2. The molecule has 3 rings (SSSR count). The monoisotopic (exact) mass is 379 g/mol. The number of piperazine rings is 1. The molecule has 0 radical (unpaired) electrons. The number of anilines is 2. The number of carboxylic acid groups (broad SMARTS) is 1. The number of carbonyl (C=O) groups is 2. The second kappa shape index (κ2) is 9.37. The van der Waals surface area contributed by atoms with Crippen LogP contribution < -0.4 is 15.1 Å². The van der Waals surface area contributed by atoms with Crippen LogP contribution in [0.3, 0.4) is 0 Å². The Bertz CT molecular complexity index is 866. The van der Waals surface area contributed by atoms with Gasteiger partial charge in [0.15, 0.2) is 0 Å². The van der Waals surface area contributed by atoms with E-state index in [1.54, 1.807) is 30.6 Å². The lowest BCUT2D eigenvalue weighted by atomic mass is 10.1. The molecule has 1 aliphatic heterocycles. The number of rotatable bonds is 5. The third-order valence-electron chi connectivity index (χ3n) is 4.34. The first-order valence-corrected chi connectivity index (χ1v) is 9.00. The lowest BCUT2D eigenvalue weighted by Gasteiger charge is -2.36. The van der Waals surface area contributed by atoms with Crippen LogP contribution in [0.1, 0.15) is 23.2 Å². The van der Waals surface area contributed by atoms with Crippen molar-refractivity contribution in [2.24, 2.45) is 0 Å². The second-order valence-electron chi connectivity index (χ2n) is 6.22. The highest BCUT2D eigenvalue weighted by Crippen LogP contribution is 2.19. The molecule has 0 bridgehead atoms. The molecular weight excluding hydrogens is 358 g/mol. The van der Waals surface area contributed by atoms with Crippen LogP contribution in [0.5, 0.6) is 0 Å². The van der Waals surface area contributed by atoms with Crippen molar-refractivity contribution in [3.63, 3.8) is 0 Å². The number of benzene rings is 1. The maximum Gasteiger partial charge on any atom is 0.304 e. The third kappa shape index (κ3) is 5.20. The van der Waals surface area contributed by atoms with Crippen LogP contribution in [0.15, 0.2) is 42.7 Å². The van der Waals surface area contributed by atoms with Crippen LogP contribution in [0.4, 0.5) is 11.6 Å². The standard InChI is InChI=1S/C20H21N5O3/c26-18(27)4-1-2-9-21-19(28)16-5-7-17(8-6-16)24-12-14-25(15-13-24)20-22-10-3-11-23-20/h3,5-8,10-11H,1,4,12-15H2,(H,21,28)(H,26,27). The molecule has 0 atom stereocenters. The van der Waals surface area contributed by atoms with Crippen molar-refractivity contribution in [1.82, 2.24) is 15.3 Å². The molecule has 144 valence electrons. The highest BCUT2D eigenvalue weighted by atomic mass is 16.4. The number of aliphatic carboxylic acids is 1. The first-order valence-electron chi connectivity index (χ1n) is 9.00. The highest BCUT2D eigenvalue weighted by Gasteiger charge is 2.19. The van der Waals surface area contributed by atoms with Gasteiger partial charge in [0.05, 0.1) is 6.42 Å². The molecule has 0 aliphatic carbocycles. The average molecular weight is 379 g/mol. The molecular formula is C20H21N5O3. The Kier molecular flexibility index (Phi) is 6.41. The summed E-state index contributed by atoms with van der Waals surface area (Å²) in [4.78, 5) is 35.5. The van der Waals surface area contributed by atoms with E-state index < -0.39 is 5.97 Å². The van der Waals surface area contributed by atoms with E-state index in [9.17, 15) is 9.59 Å². The van der Waals surface area contributed by atoms with Gasteiger partial charge in [0.25, 0.3) is 5.91 Å². The highest BCUT2D eigenvalue weighted by molar-refractivity contribution is 5.95. The molecule has 0 unspecified atom stereocenters. The fourth-order valence-electron chi connectivity index (χ4n) is 2.85. The summed E-state index contributed by atoms with van der Waals surface area (Å²) in [6.45, 7) is 3.36. The molecule has 1 amide bonds. The Hall–Kier alpha value is -3.60. The summed E-state index contributed by atoms with van der Waals surface area (Å²) < 4.78 is 0. The van der Waals surface area contributed by atoms with Crippen LogP contribution in [0.25, 0.3) is 0 Å². The van der Waals surface area contributed by atoms with E-state index in [2.05, 4.69) is 37.0 Å². The minimum Gasteiger partial charge on any atom is -0.481 e. The average Bonchev–Trinajstić information content (AvgIpc) is 2.74. The first-order chi connectivity index (χ1) is 13.6. The van der Waals surface area contributed by atoms with Gasteiger partial charge in [0, 0.05) is 62.3 Å². The number of aromatic nitrogens is 2. The maximum atomic E-state index is 12.1. The van der Waals surface area contributed by atoms with Crippen molar-refractivity contribution >= 4 is 23.5 Å². The van der Waals surface area contributed by atoms with Crippen molar-refractivity contribution in [3.8, 4) is 12.0 Å². The molecule has 2 N–H and O–H groups in total. The molecule has 8 heteroatoms. The van der Waals surface area contributed by atoms with Gasteiger partial charge >= 0.3 is 5.97 Å². The number of carboxylic acids is 1. The smallest absolute Gasteiger partial charge is 0.304 e. The van der Waals surface area contributed by atoms with Crippen molar-refractivity contribution in [1.29, 1.82) is 0 Å². The van der Waals surface area contributed by atoms with Crippen LogP contribution >= 0.6 is 0 Å². The Morgan fingerprint density at radius 1 is 1.04 bits per heavy atom. The van der Waals surface area contributed by atoms with E-state index in [0.717, 1.165) is 37.8 Å². The zero-order chi connectivity index (χ0) is 19.8. The van der Waals surface area contributed by atoms with Gasteiger partial charge < -0.3 is 14.9 Å². The van der Waals surface area contributed by atoms with Crippen molar-refractivity contribution in [2.75, 3.05) is 36.0 Å². The molecule has 2 aromatic rings. The molecule has 1 fully saturated rings. The minimum atomic E-state index is -0.909. The summed E-state index contributed by atoms with van der Waals surface area (Å²) in [7, 11) is 0. The predicted octanol–water partition coefficient (Wildman–Crippen LogP) is 1.36. The fraction of sp³-hybridized carbons (Fsp3) is 0.300. The van der Waals surface area contributed by atoms with Gasteiger partial charge in [-0.3, -0.25) is 14.9 Å². The van der Waals surface area contributed by atoms with Gasteiger partial charge in [0.1, 0.15) is 0 Å². The van der Waals surface area contributed by atoms with E-state index in [1.807, 2.05) is 12.1 Å². The van der Waals surface area contributed by atoms with Gasteiger partial charge in [0.2, 0.25) is 5.95 Å². The Labute approximate surface area is 163 Å². The number of nitrogens with one attached hydrogen (secondary N) is 1. The molecule has 1 saturated heterocycles. The molecule has 28 heavy (non-hydrogen) atoms. The van der Waals surface area contributed by atoms with E-state index in [-0.39, 0.29) is 18.7 Å². The summed E-state index contributed by atoms with van der Waals surface area (Å²) in [5, 5.41) is 11.0. The van der Waals surface area contributed by atoms with Crippen molar-refractivity contribution in [2.45, 2.75) is 12.8 Å². The zero-order valence-electron chi connectivity index (χ0n) is 15.3. The lowest BCUT2D eigenvalue weighted by molar-refractivity contribution is -0.136. The largest absolute Gasteiger partial charge is 0.481 e. The van der Waals surface area contributed by atoms with Gasteiger partial charge in [-0.15, -0.1) is 0 Å². The van der Waals surface area contributed by atoms with Crippen LogP contribution in [0, 0.1) is 12.0 Å². The summed E-state index contributed by atoms with van der Waals surface area (Å²) in [6, 6.07) is 11.7. The number of amides is 1. The molecule has 0 spiro atoms.